The van der Waals surface area contributed by atoms with Gasteiger partial charge in [0.25, 0.3) is 0 Å². The summed E-state index contributed by atoms with van der Waals surface area (Å²) in [4.78, 5) is 15.4. The molecule has 1 spiro atoms. The van der Waals surface area contributed by atoms with Crippen LogP contribution in [0.25, 0.3) is 11.4 Å². The first kappa shape index (κ1) is 26.1. The Bertz CT molecular complexity index is 1390. The van der Waals surface area contributed by atoms with Gasteiger partial charge in [-0.2, -0.15) is 4.98 Å². The van der Waals surface area contributed by atoms with E-state index in [1.54, 1.807) is 36.3 Å². The third-order valence-corrected chi connectivity index (χ3v) is 8.41. The zero-order chi connectivity index (χ0) is 27.8. The Hall–Kier alpha value is -3.19. The van der Waals surface area contributed by atoms with Crippen molar-refractivity contribution in [1.82, 2.24) is 24.7 Å². The molecule has 6 rings (SSSR count). The summed E-state index contributed by atoms with van der Waals surface area (Å²) in [6.07, 6.45) is 3.85. The van der Waals surface area contributed by atoms with E-state index in [0.29, 0.717) is 47.5 Å². The maximum Gasteiger partial charge on any atom is 0.497 e. The molecule has 1 aromatic carbocycles. The van der Waals surface area contributed by atoms with Crippen LogP contribution in [0, 0.1) is 11.2 Å². The monoisotopic (exact) mass is 541 g/mol. The highest BCUT2D eigenvalue weighted by Gasteiger charge is 2.59. The van der Waals surface area contributed by atoms with Crippen molar-refractivity contribution in [3.05, 3.63) is 36.4 Å². The normalized spacial score (nSPS) is 22.4. The maximum absolute atomic E-state index is 15.1. The molecule has 13 heteroatoms. The fraction of sp³-hybridized carbons (Fsp3) is 0.538. The number of rotatable bonds is 5. The highest BCUT2D eigenvalue weighted by molar-refractivity contribution is 6.62. The number of aryl methyl sites for hydroxylation is 1. The average molecular weight is 541 g/mol. The summed E-state index contributed by atoms with van der Waals surface area (Å²) in [5, 5.41) is 7.53. The number of halogens is 3. The number of nitrogens with one attached hydrogen (secondary N) is 1. The Morgan fingerprint density at radius 1 is 1.03 bits per heavy atom. The number of hydrogen-bond donors (Lipinski definition) is 1. The van der Waals surface area contributed by atoms with Crippen LogP contribution in [0.1, 0.15) is 47.0 Å². The molecule has 1 saturated carbocycles. The first-order chi connectivity index (χ1) is 18.2. The molecular weight excluding hydrogens is 510 g/mol. The van der Waals surface area contributed by atoms with Crippen molar-refractivity contribution in [1.29, 1.82) is 0 Å². The van der Waals surface area contributed by atoms with Gasteiger partial charge in [0.2, 0.25) is 17.8 Å². The molecule has 9 nitrogen and oxygen atoms in total. The summed E-state index contributed by atoms with van der Waals surface area (Å²) >= 11 is 0. The van der Waals surface area contributed by atoms with Gasteiger partial charge in [0, 0.05) is 61.9 Å². The molecule has 2 aromatic heterocycles. The molecule has 39 heavy (non-hydrogen) atoms. The van der Waals surface area contributed by atoms with Gasteiger partial charge in [-0.05, 0) is 46.2 Å². The van der Waals surface area contributed by atoms with Crippen LogP contribution in [0.15, 0.2) is 30.6 Å². The fourth-order valence-electron chi connectivity index (χ4n) is 5.55. The minimum atomic E-state index is -2.54. The van der Waals surface area contributed by atoms with E-state index in [1.165, 1.54) is 6.07 Å². The zero-order valence-corrected chi connectivity index (χ0v) is 22.6. The van der Waals surface area contributed by atoms with Gasteiger partial charge in [0.05, 0.1) is 16.8 Å². The Labute approximate surface area is 225 Å². The molecule has 1 aliphatic carbocycles. The van der Waals surface area contributed by atoms with Crippen molar-refractivity contribution in [2.24, 2.45) is 12.5 Å². The number of aromatic nitrogens is 5. The minimum absolute atomic E-state index is 0.0622. The van der Waals surface area contributed by atoms with E-state index in [1.807, 2.05) is 32.6 Å². The summed E-state index contributed by atoms with van der Waals surface area (Å²) in [5.74, 6) is -1.68. The van der Waals surface area contributed by atoms with Crippen LogP contribution >= 0.6 is 0 Å². The van der Waals surface area contributed by atoms with Gasteiger partial charge < -0.3 is 19.5 Å². The predicted molar refractivity (Wildman–Crippen MR) is 141 cm³/mol. The summed E-state index contributed by atoms with van der Waals surface area (Å²) < 4.78 is 55.4. The highest BCUT2D eigenvalue weighted by Crippen LogP contribution is 2.56. The average Bonchev–Trinajstić information content (AvgIpc) is 3.47. The first-order valence-electron chi connectivity index (χ1n) is 13.0. The molecule has 4 heterocycles. The van der Waals surface area contributed by atoms with Crippen LogP contribution in [0.2, 0.25) is 0 Å². The van der Waals surface area contributed by atoms with E-state index in [2.05, 4.69) is 25.4 Å². The van der Waals surface area contributed by atoms with Gasteiger partial charge in [-0.15, -0.1) is 5.10 Å². The lowest BCUT2D eigenvalue weighted by atomic mass is 9.65. The van der Waals surface area contributed by atoms with E-state index in [4.69, 9.17) is 9.31 Å². The standard InChI is InChI=1S/C26H31BF3N7O2/c1-23(2)24(3,4)39-27(38-23)18-7-6-17(10-19(18)28)33-22-34-20(35-36(22)5)16-11-31-21(32-12-16)37-9-8-25(15-37)13-26(29,30)14-25/h6-7,10-12H,8-9,13-15H2,1-5H3,(H,33,34,35). The predicted octanol–water partition coefficient (Wildman–Crippen LogP) is 4.08. The van der Waals surface area contributed by atoms with Crippen molar-refractivity contribution in [3.63, 3.8) is 0 Å². The Morgan fingerprint density at radius 2 is 1.69 bits per heavy atom. The van der Waals surface area contributed by atoms with E-state index in [9.17, 15) is 8.78 Å². The van der Waals surface area contributed by atoms with E-state index in [-0.39, 0.29) is 18.3 Å². The lowest BCUT2D eigenvalue weighted by Crippen LogP contribution is -2.47. The Balaban J connectivity index is 1.13. The van der Waals surface area contributed by atoms with Crippen LogP contribution in [0.3, 0.4) is 0 Å². The van der Waals surface area contributed by atoms with Gasteiger partial charge in [-0.1, -0.05) is 6.07 Å². The number of hydrogen-bond acceptors (Lipinski definition) is 8. The molecule has 0 atom stereocenters. The Kier molecular flexibility index (Phi) is 5.78. The molecule has 2 saturated heterocycles. The molecule has 1 N–H and O–H groups in total. The molecule has 0 radical (unpaired) electrons. The number of alkyl halides is 2. The topological polar surface area (TPSA) is 90.2 Å². The van der Waals surface area contributed by atoms with Gasteiger partial charge >= 0.3 is 7.12 Å². The van der Waals surface area contributed by atoms with Gasteiger partial charge in [0.1, 0.15) is 5.82 Å². The second kappa shape index (κ2) is 8.66. The molecular formula is C26H31BF3N7O2. The molecule has 3 fully saturated rings. The van der Waals surface area contributed by atoms with Gasteiger partial charge in [-0.25, -0.2) is 27.8 Å². The lowest BCUT2D eigenvalue weighted by Gasteiger charge is -2.44. The zero-order valence-electron chi connectivity index (χ0n) is 22.6. The SMILES string of the molecule is Cn1nc(-c2cnc(N3CCC4(C3)CC(F)(F)C4)nc2)nc1Nc1ccc(B2OC(C)(C)C(C)(C)O2)c(F)c1. The second-order valence-corrected chi connectivity index (χ2v) is 12.0. The molecule has 206 valence electrons. The fourth-order valence-corrected chi connectivity index (χ4v) is 5.55. The highest BCUT2D eigenvalue weighted by atomic mass is 19.3. The molecule has 3 aliphatic rings. The first-order valence-corrected chi connectivity index (χ1v) is 13.0. The lowest BCUT2D eigenvalue weighted by molar-refractivity contribution is -0.152. The smallest absolute Gasteiger partial charge is 0.399 e. The van der Waals surface area contributed by atoms with Crippen LogP contribution < -0.4 is 15.7 Å². The molecule has 0 unspecified atom stereocenters. The van der Waals surface area contributed by atoms with Crippen LogP contribution in [0.4, 0.5) is 30.8 Å². The summed E-state index contributed by atoms with van der Waals surface area (Å²) in [6.45, 7) is 8.89. The minimum Gasteiger partial charge on any atom is -0.399 e. The molecule has 0 amide bonds. The third kappa shape index (κ3) is 4.65. The van der Waals surface area contributed by atoms with Gasteiger partial charge in [0.15, 0.2) is 5.82 Å². The largest absolute Gasteiger partial charge is 0.497 e. The molecule has 0 bridgehead atoms. The van der Waals surface area contributed by atoms with Crippen LogP contribution in [-0.4, -0.2) is 62.1 Å². The van der Waals surface area contributed by atoms with Crippen molar-refractivity contribution >= 4 is 30.2 Å². The second-order valence-electron chi connectivity index (χ2n) is 12.0. The van der Waals surface area contributed by atoms with Crippen molar-refractivity contribution in [3.8, 4) is 11.4 Å². The number of benzene rings is 1. The van der Waals surface area contributed by atoms with Crippen molar-refractivity contribution in [2.75, 3.05) is 23.3 Å². The molecule has 2 aliphatic heterocycles. The summed E-state index contributed by atoms with van der Waals surface area (Å²) in [5.41, 5.74) is -0.0347. The quantitative estimate of drug-likeness (QED) is 0.484. The van der Waals surface area contributed by atoms with Crippen LogP contribution in [-0.2, 0) is 16.4 Å². The van der Waals surface area contributed by atoms with Crippen molar-refractivity contribution in [2.45, 2.75) is 64.1 Å². The van der Waals surface area contributed by atoms with Crippen LogP contribution in [0.5, 0.6) is 0 Å². The van der Waals surface area contributed by atoms with E-state index >= 15 is 4.39 Å². The van der Waals surface area contributed by atoms with Gasteiger partial charge in [-0.3, -0.25) is 0 Å². The summed E-state index contributed by atoms with van der Waals surface area (Å²) in [6, 6.07) is 4.74. The Morgan fingerprint density at radius 3 is 2.31 bits per heavy atom. The maximum atomic E-state index is 15.1. The number of nitrogens with zero attached hydrogens (tertiary/aromatic N) is 6. The summed E-state index contributed by atoms with van der Waals surface area (Å²) in [7, 11) is 0.926. The third-order valence-electron chi connectivity index (χ3n) is 8.41. The van der Waals surface area contributed by atoms with E-state index in [0.717, 1.165) is 6.42 Å². The number of anilines is 3. The van der Waals surface area contributed by atoms with E-state index < -0.39 is 30.1 Å². The molecule has 3 aromatic rings. The van der Waals surface area contributed by atoms with Crippen molar-refractivity contribution < 1.29 is 22.5 Å².